The molecule has 0 atom stereocenters. The first-order valence-electron chi connectivity index (χ1n) is 15.2. The van der Waals surface area contributed by atoms with Crippen LogP contribution in [0.3, 0.4) is 0 Å². The van der Waals surface area contributed by atoms with E-state index in [4.69, 9.17) is 0 Å². The number of alkyl halides is 12. The Bertz CT molecular complexity index is 2560. The van der Waals surface area contributed by atoms with Crippen molar-refractivity contribution in [2.24, 2.45) is 0 Å². The third kappa shape index (κ3) is 9.20. The fourth-order valence-corrected chi connectivity index (χ4v) is 8.14. The molecule has 6 aromatic rings. The van der Waals surface area contributed by atoms with Crippen molar-refractivity contribution in [3.05, 3.63) is 119 Å². The van der Waals surface area contributed by atoms with Crippen molar-refractivity contribution in [3.63, 3.8) is 0 Å². The van der Waals surface area contributed by atoms with Crippen LogP contribution in [0.1, 0.15) is 22.3 Å². The van der Waals surface area contributed by atoms with Crippen molar-refractivity contribution in [3.8, 4) is 33.4 Å². The Labute approximate surface area is 350 Å². The van der Waals surface area contributed by atoms with Crippen LogP contribution in [0.4, 0.5) is 52.7 Å². The van der Waals surface area contributed by atoms with E-state index in [2.05, 4.69) is 0 Å². The van der Waals surface area contributed by atoms with Crippen molar-refractivity contribution in [1.82, 2.24) is 0 Å². The average Bonchev–Trinajstić information content (AvgIpc) is 3.07. The van der Waals surface area contributed by atoms with Crippen LogP contribution in [0.25, 0.3) is 54.9 Å². The molecule has 0 amide bonds. The summed E-state index contributed by atoms with van der Waals surface area (Å²) < 4.78 is 247. The molecule has 0 unspecified atom stereocenters. The van der Waals surface area contributed by atoms with E-state index in [-0.39, 0.29) is 91.9 Å². The van der Waals surface area contributed by atoms with Crippen molar-refractivity contribution in [1.29, 1.82) is 0 Å². The van der Waals surface area contributed by atoms with Crippen LogP contribution in [-0.4, -0.2) is 25.9 Å². The molecule has 58 heavy (non-hydrogen) atoms. The molecule has 0 aliphatic carbocycles. The zero-order chi connectivity index (χ0) is 41.6. The quantitative estimate of drug-likeness (QED) is 0.0965. The second-order valence-electron chi connectivity index (χ2n) is 12.2. The van der Waals surface area contributed by atoms with E-state index in [0.29, 0.717) is 12.1 Å². The molecule has 0 aliphatic heterocycles. The van der Waals surface area contributed by atoms with E-state index >= 15 is 0 Å². The summed E-state index contributed by atoms with van der Waals surface area (Å²) in [6.07, 6.45) is -22.0. The van der Waals surface area contributed by atoms with Gasteiger partial charge in [0.2, 0.25) is 0 Å². The van der Waals surface area contributed by atoms with Gasteiger partial charge in [-0.3, -0.25) is 0 Å². The van der Waals surface area contributed by atoms with E-state index in [9.17, 15) is 78.6 Å². The van der Waals surface area contributed by atoms with Crippen LogP contribution in [0, 0.1) is 0 Å². The Morgan fingerprint density at radius 3 is 0.897 bits per heavy atom. The number of hydrogen-bond donors (Lipinski definition) is 0. The zero-order valence-electron chi connectivity index (χ0n) is 27.6. The zero-order valence-corrected chi connectivity index (χ0v) is 32.2. The Hall–Kier alpha value is -3.70. The fourth-order valence-electron chi connectivity index (χ4n) is 6.32. The minimum atomic E-state index is -6.22. The summed E-state index contributed by atoms with van der Waals surface area (Å²) >= 11 is 0. The van der Waals surface area contributed by atoms with Gasteiger partial charge in [0, 0.05) is 22.3 Å². The Morgan fingerprint density at radius 1 is 0.397 bits per heavy atom. The molecular formula is C36H16Ag2F12O6S2. The van der Waals surface area contributed by atoms with Gasteiger partial charge in [0.1, 0.15) is 20.2 Å². The topological polar surface area (TPSA) is 114 Å². The summed E-state index contributed by atoms with van der Waals surface area (Å²) in [5, 5.41) is -1.50. The van der Waals surface area contributed by atoms with Gasteiger partial charge in [-0.05, 0) is 81.2 Å². The smallest absolute Gasteiger partial charge is 0.744 e. The van der Waals surface area contributed by atoms with Crippen molar-refractivity contribution >= 4 is 41.8 Å². The van der Waals surface area contributed by atoms with E-state index in [1.807, 2.05) is 0 Å². The molecule has 0 aromatic heterocycles. The Balaban J connectivity index is 0.00000372. The largest absolute Gasteiger partial charge is 1.00 e. The Kier molecular flexibility index (Phi) is 12.7. The molecule has 22 heteroatoms. The maximum absolute atomic E-state index is 14.0. The molecule has 6 nitrogen and oxygen atoms in total. The predicted molar refractivity (Wildman–Crippen MR) is 174 cm³/mol. The van der Waals surface area contributed by atoms with Gasteiger partial charge in [0.25, 0.3) is 0 Å². The number of fused-ring (bicyclic) bond motifs is 2. The van der Waals surface area contributed by atoms with Crippen LogP contribution in [-0.2, 0) is 89.7 Å². The summed E-state index contributed by atoms with van der Waals surface area (Å²) in [5.41, 5.74) is -14.8. The summed E-state index contributed by atoms with van der Waals surface area (Å²) in [7, 11) is -12.4. The summed E-state index contributed by atoms with van der Waals surface area (Å²) in [4.78, 5) is -3.34. The molecule has 6 aromatic carbocycles. The van der Waals surface area contributed by atoms with Crippen LogP contribution in [0.5, 0.6) is 0 Å². The molecule has 0 N–H and O–H groups in total. The molecule has 0 spiro atoms. The number of rotatable bonds is 5. The third-order valence-electron chi connectivity index (χ3n) is 8.55. The maximum atomic E-state index is 14.0. The van der Waals surface area contributed by atoms with Crippen molar-refractivity contribution in [2.75, 3.05) is 0 Å². The summed E-state index contributed by atoms with van der Waals surface area (Å²) in [6.45, 7) is 0. The Morgan fingerprint density at radius 2 is 0.655 bits per heavy atom. The SMILES string of the molecule is O=S(=O)([O-])c1c(-c2cc(C(F)(F)F)cc(C(F)(F)F)c2)cc2ccccc2c1-c1c(S(=O)(=O)[O-])c(-c2cc(C(F)(F)F)cc(C(F)(F)F)c2)cc2ccccc12.[Ag+].[Ag+]. The molecule has 0 bridgehead atoms. The monoisotopic (exact) mass is 1050 g/mol. The molecule has 314 valence electrons. The first-order chi connectivity index (χ1) is 25.6. The minimum Gasteiger partial charge on any atom is -0.744 e. The van der Waals surface area contributed by atoms with E-state index in [0.717, 1.165) is 24.3 Å². The normalized spacial score (nSPS) is 13.0. The maximum Gasteiger partial charge on any atom is 1.00 e. The second kappa shape index (κ2) is 15.7. The first kappa shape index (κ1) is 47.0. The van der Waals surface area contributed by atoms with Crippen LogP contribution in [0.15, 0.2) is 107 Å². The van der Waals surface area contributed by atoms with Gasteiger partial charge in [-0.1, -0.05) is 48.5 Å². The van der Waals surface area contributed by atoms with E-state index in [1.165, 1.54) is 24.3 Å². The van der Waals surface area contributed by atoms with Gasteiger partial charge in [-0.25, -0.2) is 16.8 Å². The fraction of sp³-hybridized carbons (Fsp3) is 0.111. The predicted octanol–water partition coefficient (Wildman–Crippen LogP) is 10.9. The van der Waals surface area contributed by atoms with Gasteiger partial charge >= 0.3 is 69.5 Å². The molecular weight excluding hydrogens is 1040 g/mol. The van der Waals surface area contributed by atoms with Gasteiger partial charge < -0.3 is 9.11 Å². The molecule has 0 heterocycles. The van der Waals surface area contributed by atoms with Gasteiger partial charge in [0.05, 0.1) is 32.0 Å². The molecule has 0 radical (unpaired) electrons. The summed E-state index contributed by atoms with van der Waals surface area (Å²) in [5.74, 6) is 0. The summed E-state index contributed by atoms with van der Waals surface area (Å²) in [6, 6.07) is 10.1. The van der Waals surface area contributed by atoms with Crippen LogP contribution >= 0.6 is 0 Å². The van der Waals surface area contributed by atoms with Crippen LogP contribution in [0.2, 0.25) is 0 Å². The molecule has 0 fully saturated rings. The number of halogens is 12. The van der Waals surface area contributed by atoms with Gasteiger partial charge in [-0.2, -0.15) is 52.7 Å². The molecule has 0 aliphatic rings. The third-order valence-corrected chi connectivity index (χ3v) is 10.4. The molecule has 6 rings (SSSR count). The van der Waals surface area contributed by atoms with Gasteiger partial charge in [-0.15, -0.1) is 0 Å². The first-order valence-corrected chi connectivity index (χ1v) is 18.0. The minimum absolute atomic E-state index is 0. The average molecular weight is 1050 g/mol. The standard InChI is InChI=1S/C36H18F12O6S2.2Ag/c37-33(38,39)21-9-19(10-22(15-21)34(40,41)42)27-13-17-5-1-3-7-25(17)29(31(27)55(49,50)51)30-26-8-4-2-6-18(26)14-28(32(30)56(52,53)54)20-11-23(35(43,44)45)16-24(12-20)36(46,47)48;;/h1-16H,(H,49,50,51)(H,52,53,54);;/q;2*+1/p-2. The van der Waals surface area contributed by atoms with E-state index < -0.39 is 121 Å². The molecule has 0 saturated carbocycles. The number of hydrogen-bond acceptors (Lipinski definition) is 6. The van der Waals surface area contributed by atoms with Gasteiger partial charge in [0.15, 0.2) is 0 Å². The number of benzene rings is 6. The van der Waals surface area contributed by atoms with E-state index in [1.54, 1.807) is 0 Å². The van der Waals surface area contributed by atoms with Crippen molar-refractivity contribution < 1.29 is 123 Å². The van der Waals surface area contributed by atoms with Crippen LogP contribution < -0.4 is 0 Å². The van der Waals surface area contributed by atoms with Crippen molar-refractivity contribution in [2.45, 2.75) is 34.5 Å². The molecule has 0 saturated heterocycles. The second-order valence-corrected chi connectivity index (χ2v) is 14.8.